The van der Waals surface area contributed by atoms with E-state index in [0.717, 1.165) is 18.4 Å². The molecule has 1 aromatic rings. The predicted octanol–water partition coefficient (Wildman–Crippen LogP) is 2.56. The number of nitrogens with zero attached hydrogens (tertiary/aromatic N) is 2. The van der Waals surface area contributed by atoms with Gasteiger partial charge < -0.3 is 14.7 Å². The number of sulfonamides is 1. The van der Waals surface area contributed by atoms with Gasteiger partial charge in [-0.2, -0.15) is 4.31 Å². The average Bonchev–Trinajstić information content (AvgIpc) is 3.21. The van der Waals surface area contributed by atoms with E-state index in [2.05, 4.69) is 11.8 Å². The lowest BCUT2D eigenvalue weighted by Gasteiger charge is -2.37. The number of hydrogen-bond donors (Lipinski definition) is 1. The summed E-state index contributed by atoms with van der Waals surface area (Å²) < 4.78 is 34.5. The van der Waals surface area contributed by atoms with Gasteiger partial charge in [0, 0.05) is 36.5 Å². The van der Waals surface area contributed by atoms with E-state index in [0.29, 0.717) is 24.8 Å². The van der Waals surface area contributed by atoms with E-state index in [9.17, 15) is 13.5 Å². The van der Waals surface area contributed by atoms with Gasteiger partial charge in [0.05, 0.1) is 6.61 Å². The zero-order valence-electron chi connectivity index (χ0n) is 18.5. The molecule has 1 fully saturated rings. The second-order valence-electron chi connectivity index (χ2n) is 8.91. The molecule has 0 saturated heterocycles. The van der Waals surface area contributed by atoms with Crippen LogP contribution in [-0.4, -0.2) is 68.7 Å². The SMILES string of the molecule is C[C@@H]1CN([C@H](C)CO)S(=O)(=O)c2ccc(C#CC3CCCC3)cc2O[C@@H]1CN(C)C. The van der Waals surface area contributed by atoms with Crippen molar-refractivity contribution in [3.8, 4) is 17.6 Å². The first-order valence-electron chi connectivity index (χ1n) is 10.8. The molecule has 7 heteroatoms. The molecule has 1 aromatic carbocycles. The Morgan fingerprint density at radius 3 is 2.63 bits per heavy atom. The third-order valence-corrected chi connectivity index (χ3v) is 8.01. The van der Waals surface area contributed by atoms with Gasteiger partial charge in [-0.3, -0.25) is 0 Å². The number of aliphatic hydroxyl groups is 1. The lowest BCUT2D eigenvalue weighted by Crippen LogP contribution is -2.49. The summed E-state index contributed by atoms with van der Waals surface area (Å²) in [5, 5.41) is 9.68. The van der Waals surface area contributed by atoms with Gasteiger partial charge in [-0.15, -0.1) is 0 Å². The first kappa shape index (κ1) is 23.1. The summed E-state index contributed by atoms with van der Waals surface area (Å²) in [5.74, 6) is 7.29. The highest BCUT2D eigenvalue weighted by Crippen LogP contribution is 2.34. The van der Waals surface area contributed by atoms with Crippen LogP contribution in [0.25, 0.3) is 0 Å². The molecule has 0 spiro atoms. The summed E-state index contributed by atoms with van der Waals surface area (Å²) in [7, 11) is 0.153. The quantitative estimate of drug-likeness (QED) is 0.738. The van der Waals surface area contributed by atoms with Crippen molar-refractivity contribution in [2.75, 3.05) is 33.8 Å². The smallest absolute Gasteiger partial charge is 0.247 e. The van der Waals surface area contributed by atoms with Gasteiger partial charge >= 0.3 is 0 Å². The van der Waals surface area contributed by atoms with Crippen molar-refractivity contribution in [3.63, 3.8) is 0 Å². The summed E-state index contributed by atoms with van der Waals surface area (Å²) in [6, 6.07) is 4.61. The van der Waals surface area contributed by atoms with E-state index in [1.807, 2.05) is 25.9 Å². The third kappa shape index (κ3) is 5.17. The van der Waals surface area contributed by atoms with E-state index in [-0.39, 0.29) is 23.5 Å². The minimum absolute atomic E-state index is 0.0439. The minimum Gasteiger partial charge on any atom is -0.487 e. The molecular formula is C23H34N2O4S. The molecule has 0 radical (unpaired) electrons. The lowest BCUT2D eigenvalue weighted by atomic mass is 10.0. The molecule has 166 valence electrons. The number of benzene rings is 1. The van der Waals surface area contributed by atoms with E-state index in [1.165, 1.54) is 17.1 Å². The summed E-state index contributed by atoms with van der Waals surface area (Å²) >= 11 is 0. The number of aliphatic hydroxyl groups excluding tert-OH is 1. The van der Waals surface area contributed by atoms with Crippen molar-refractivity contribution in [1.29, 1.82) is 0 Å². The summed E-state index contributed by atoms with van der Waals surface area (Å²) in [6.07, 6.45) is 4.56. The number of ether oxygens (including phenoxy) is 1. The fraction of sp³-hybridized carbons (Fsp3) is 0.652. The second kappa shape index (κ2) is 9.69. The van der Waals surface area contributed by atoms with Gasteiger partial charge in [0.1, 0.15) is 16.7 Å². The predicted molar refractivity (Wildman–Crippen MR) is 118 cm³/mol. The third-order valence-electron chi connectivity index (χ3n) is 5.99. The molecule has 0 bridgehead atoms. The van der Waals surface area contributed by atoms with Gasteiger partial charge in [-0.1, -0.05) is 31.6 Å². The summed E-state index contributed by atoms with van der Waals surface area (Å²) in [5.41, 5.74) is 0.773. The van der Waals surface area contributed by atoms with Crippen LogP contribution in [0.3, 0.4) is 0 Å². The maximum absolute atomic E-state index is 13.4. The Morgan fingerprint density at radius 2 is 2.00 bits per heavy atom. The van der Waals surface area contributed by atoms with Crippen molar-refractivity contribution in [3.05, 3.63) is 23.8 Å². The zero-order chi connectivity index (χ0) is 21.9. The van der Waals surface area contributed by atoms with Crippen LogP contribution >= 0.6 is 0 Å². The first-order chi connectivity index (χ1) is 14.2. The molecule has 1 saturated carbocycles. The molecule has 0 amide bonds. The van der Waals surface area contributed by atoms with Crippen molar-refractivity contribution < 1.29 is 18.3 Å². The van der Waals surface area contributed by atoms with Crippen LogP contribution in [0, 0.1) is 23.7 Å². The Balaban J connectivity index is 2.04. The first-order valence-corrected chi connectivity index (χ1v) is 12.3. The molecule has 3 atom stereocenters. The molecule has 30 heavy (non-hydrogen) atoms. The van der Waals surface area contributed by atoms with Gasteiger partial charge in [0.2, 0.25) is 10.0 Å². The van der Waals surface area contributed by atoms with Crippen molar-refractivity contribution in [2.24, 2.45) is 11.8 Å². The average molecular weight is 435 g/mol. The largest absolute Gasteiger partial charge is 0.487 e. The van der Waals surface area contributed by atoms with E-state index in [1.54, 1.807) is 25.1 Å². The van der Waals surface area contributed by atoms with Crippen LogP contribution in [0.4, 0.5) is 0 Å². The fourth-order valence-electron chi connectivity index (χ4n) is 4.14. The van der Waals surface area contributed by atoms with Crippen LogP contribution in [-0.2, 0) is 10.0 Å². The maximum Gasteiger partial charge on any atom is 0.247 e. The highest BCUT2D eigenvalue weighted by Gasteiger charge is 2.37. The number of rotatable bonds is 4. The Kier molecular flexibility index (Phi) is 7.46. The van der Waals surface area contributed by atoms with Crippen LogP contribution < -0.4 is 4.74 Å². The van der Waals surface area contributed by atoms with Crippen molar-refractivity contribution in [2.45, 2.75) is 56.6 Å². The number of likely N-dealkylation sites (N-methyl/N-ethyl adjacent to an activating group) is 1. The molecule has 1 N–H and O–H groups in total. The molecule has 6 nitrogen and oxygen atoms in total. The standard InChI is InChI=1S/C23H34N2O4S/c1-17-14-25(18(2)16-26)30(27,28)23-12-11-20(10-9-19-7-5-6-8-19)13-21(23)29-22(17)15-24(3)4/h11-13,17-19,22,26H,5-8,14-16H2,1-4H3/t17-,18-,22-/m1/s1. The summed E-state index contributed by atoms with van der Waals surface area (Å²) in [4.78, 5) is 2.19. The topological polar surface area (TPSA) is 70.1 Å². The number of hydrogen-bond acceptors (Lipinski definition) is 5. The Bertz CT molecular complexity index is 898. The second-order valence-corrected chi connectivity index (χ2v) is 10.8. The fourth-order valence-corrected chi connectivity index (χ4v) is 5.96. The normalized spacial score (nSPS) is 25.5. The molecule has 1 heterocycles. The van der Waals surface area contributed by atoms with Crippen LogP contribution in [0.5, 0.6) is 5.75 Å². The Morgan fingerprint density at radius 1 is 1.30 bits per heavy atom. The maximum atomic E-state index is 13.4. The molecule has 2 aliphatic rings. The van der Waals surface area contributed by atoms with Crippen LogP contribution in [0.15, 0.2) is 23.1 Å². The van der Waals surface area contributed by atoms with Gasteiger partial charge in [-0.05, 0) is 52.1 Å². The Hall–Kier alpha value is -1.59. The lowest BCUT2D eigenvalue weighted by molar-refractivity contribution is 0.0812. The molecular weight excluding hydrogens is 400 g/mol. The molecule has 1 aliphatic carbocycles. The zero-order valence-corrected chi connectivity index (χ0v) is 19.3. The summed E-state index contributed by atoms with van der Waals surface area (Å²) in [6.45, 7) is 4.46. The van der Waals surface area contributed by atoms with Crippen LogP contribution in [0.1, 0.15) is 45.1 Å². The molecule has 0 unspecified atom stereocenters. The van der Waals surface area contributed by atoms with Gasteiger partial charge in [0.15, 0.2) is 0 Å². The van der Waals surface area contributed by atoms with Crippen LogP contribution in [0.2, 0.25) is 0 Å². The monoisotopic (exact) mass is 434 g/mol. The molecule has 3 rings (SSSR count). The van der Waals surface area contributed by atoms with Gasteiger partial charge in [-0.25, -0.2) is 8.42 Å². The van der Waals surface area contributed by atoms with Crippen molar-refractivity contribution in [1.82, 2.24) is 9.21 Å². The molecule has 1 aliphatic heterocycles. The highest BCUT2D eigenvalue weighted by molar-refractivity contribution is 7.89. The van der Waals surface area contributed by atoms with E-state index >= 15 is 0 Å². The van der Waals surface area contributed by atoms with Crippen molar-refractivity contribution >= 4 is 10.0 Å². The highest BCUT2D eigenvalue weighted by atomic mass is 32.2. The molecule has 0 aromatic heterocycles. The minimum atomic E-state index is -3.80. The van der Waals surface area contributed by atoms with Gasteiger partial charge in [0.25, 0.3) is 0 Å². The number of fused-ring (bicyclic) bond motifs is 1. The Labute approximate surface area is 181 Å². The van der Waals surface area contributed by atoms with E-state index in [4.69, 9.17) is 4.74 Å². The van der Waals surface area contributed by atoms with E-state index < -0.39 is 16.1 Å².